The predicted octanol–water partition coefficient (Wildman–Crippen LogP) is 2.32. The van der Waals surface area contributed by atoms with Gasteiger partial charge in [-0.15, -0.1) is 0 Å². The summed E-state index contributed by atoms with van der Waals surface area (Å²) in [6, 6.07) is 13.5. The van der Waals surface area contributed by atoms with Crippen LogP contribution in [0.4, 0.5) is 5.69 Å². The Bertz CT molecular complexity index is 1060. The molecule has 0 aromatic heterocycles. The number of amides is 2. The van der Waals surface area contributed by atoms with Gasteiger partial charge in [-0.05, 0) is 38.5 Å². The van der Waals surface area contributed by atoms with Crippen LogP contribution in [0, 0.1) is 6.92 Å². The number of hydrogen-bond acceptors (Lipinski definition) is 5. The van der Waals surface area contributed by atoms with E-state index in [-0.39, 0.29) is 18.1 Å². The van der Waals surface area contributed by atoms with Crippen molar-refractivity contribution in [1.29, 1.82) is 0 Å². The summed E-state index contributed by atoms with van der Waals surface area (Å²) >= 11 is 0. The number of nitrogens with one attached hydrogen (secondary N) is 1. The summed E-state index contributed by atoms with van der Waals surface area (Å²) in [5.74, 6) is -0.483. The fourth-order valence-electron chi connectivity index (χ4n) is 3.33. The Kier molecular flexibility index (Phi) is 8.65. The van der Waals surface area contributed by atoms with E-state index in [1.165, 1.54) is 11.9 Å². The second kappa shape index (κ2) is 11.0. The Balaban J connectivity index is 2.43. The number of ether oxygens (including phenoxy) is 1. The van der Waals surface area contributed by atoms with Gasteiger partial charge in [0.25, 0.3) is 0 Å². The number of hydrogen-bond donors (Lipinski definition) is 1. The molecule has 0 aliphatic carbocycles. The van der Waals surface area contributed by atoms with Crippen LogP contribution in [0.5, 0.6) is 5.75 Å². The summed E-state index contributed by atoms with van der Waals surface area (Å²) < 4.78 is 31.8. The molecule has 0 saturated heterocycles. The number of sulfonamides is 1. The minimum absolute atomic E-state index is 0.166. The number of benzene rings is 2. The smallest absolute Gasteiger partial charge is 0.244 e. The van der Waals surface area contributed by atoms with E-state index in [2.05, 4.69) is 5.32 Å². The quantitative estimate of drug-likeness (QED) is 0.586. The monoisotopic (exact) mass is 461 g/mol. The first-order valence-electron chi connectivity index (χ1n) is 10.3. The van der Waals surface area contributed by atoms with Crippen LogP contribution >= 0.6 is 0 Å². The number of carbonyl (C=O) groups excluding carboxylic acids is 2. The topological polar surface area (TPSA) is 96.0 Å². The molecule has 0 unspecified atom stereocenters. The molecule has 0 radical (unpaired) electrons. The van der Waals surface area contributed by atoms with E-state index >= 15 is 0 Å². The molecule has 2 amide bonds. The average molecular weight is 462 g/mol. The lowest BCUT2D eigenvalue weighted by molar-refractivity contribution is -0.139. The molecule has 0 bridgehead atoms. The van der Waals surface area contributed by atoms with E-state index in [4.69, 9.17) is 4.74 Å². The average Bonchev–Trinajstić information content (AvgIpc) is 2.74. The first kappa shape index (κ1) is 25.2. The summed E-state index contributed by atoms with van der Waals surface area (Å²) in [7, 11) is -2.32. The standard InChI is InChI=1S/C23H31N3O5S/c1-6-31-21-13-8-7-12-20(21)26(32(5,29)30)16-22(27)25(18(3)23(28)24-4)15-19-11-9-10-17(2)14-19/h7-14,18H,6,15-16H2,1-5H3,(H,24,28)/t18-/m0/s1. The van der Waals surface area contributed by atoms with Crippen LogP contribution in [-0.4, -0.2) is 57.6 Å². The van der Waals surface area contributed by atoms with Gasteiger partial charge in [-0.25, -0.2) is 8.42 Å². The number of anilines is 1. The van der Waals surface area contributed by atoms with Crippen molar-refractivity contribution in [3.63, 3.8) is 0 Å². The van der Waals surface area contributed by atoms with E-state index in [1.807, 2.05) is 31.2 Å². The molecular weight excluding hydrogens is 430 g/mol. The molecule has 2 rings (SSSR count). The SMILES string of the molecule is CCOc1ccccc1N(CC(=O)N(Cc1cccc(C)c1)[C@@H](C)C(=O)NC)S(C)(=O)=O. The Morgan fingerprint density at radius 1 is 1.12 bits per heavy atom. The number of carbonyl (C=O) groups is 2. The highest BCUT2D eigenvalue weighted by molar-refractivity contribution is 7.92. The highest BCUT2D eigenvalue weighted by Gasteiger charge is 2.30. The van der Waals surface area contributed by atoms with E-state index in [0.717, 1.165) is 21.7 Å². The number of likely N-dealkylation sites (N-methyl/N-ethyl adjacent to an activating group) is 1. The number of aryl methyl sites for hydroxylation is 1. The van der Waals surface area contributed by atoms with Gasteiger partial charge in [0, 0.05) is 13.6 Å². The zero-order valence-electron chi connectivity index (χ0n) is 19.2. The highest BCUT2D eigenvalue weighted by atomic mass is 32.2. The summed E-state index contributed by atoms with van der Waals surface area (Å²) in [5, 5.41) is 2.55. The lowest BCUT2D eigenvalue weighted by Gasteiger charge is -2.31. The predicted molar refractivity (Wildman–Crippen MR) is 125 cm³/mol. The summed E-state index contributed by atoms with van der Waals surface area (Å²) in [5.41, 5.74) is 2.13. The molecule has 2 aromatic rings. The van der Waals surface area contributed by atoms with Gasteiger partial charge in [0.2, 0.25) is 21.8 Å². The third kappa shape index (κ3) is 6.46. The van der Waals surface area contributed by atoms with Crippen molar-refractivity contribution in [2.24, 2.45) is 0 Å². The van der Waals surface area contributed by atoms with E-state index in [9.17, 15) is 18.0 Å². The number of rotatable bonds is 10. The zero-order valence-corrected chi connectivity index (χ0v) is 20.0. The molecule has 0 fully saturated rings. The third-order valence-corrected chi connectivity index (χ3v) is 6.09. The van der Waals surface area contributed by atoms with E-state index in [1.54, 1.807) is 38.1 Å². The molecule has 32 heavy (non-hydrogen) atoms. The second-order valence-electron chi connectivity index (χ2n) is 7.47. The summed E-state index contributed by atoms with van der Waals surface area (Å²) in [6.45, 7) is 5.40. The molecule has 0 aliphatic heterocycles. The fourth-order valence-corrected chi connectivity index (χ4v) is 4.19. The van der Waals surface area contributed by atoms with Crippen molar-refractivity contribution in [3.8, 4) is 5.75 Å². The Hall–Kier alpha value is -3.07. The van der Waals surface area contributed by atoms with Crippen molar-refractivity contribution in [1.82, 2.24) is 10.2 Å². The molecule has 0 spiro atoms. The van der Waals surface area contributed by atoms with E-state index < -0.39 is 28.5 Å². The molecule has 0 heterocycles. The lowest BCUT2D eigenvalue weighted by Crippen LogP contribution is -2.50. The summed E-state index contributed by atoms with van der Waals surface area (Å²) in [4.78, 5) is 27.1. The minimum atomic E-state index is -3.81. The van der Waals surface area contributed by atoms with Gasteiger partial charge in [-0.2, -0.15) is 0 Å². The van der Waals surface area contributed by atoms with Crippen LogP contribution in [0.25, 0.3) is 0 Å². The third-order valence-electron chi connectivity index (χ3n) is 4.96. The Morgan fingerprint density at radius 2 is 1.81 bits per heavy atom. The molecule has 8 nitrogen and oxygen atoms in total. The van der Waals surface area contributed by atoms with Gasteiger partial charge in [0.05, 0.1) is 18.6 Å². The molecule has 1 atom stereocenters. The van der Waals surface area contributed by atoms with E-state index in [0.29, 0.717) is 12.4 Å². The molecule has 9 heteroatoms. The van der Waals surface area contributed by atoms with Gasteiger partial charge in [-0.1, -0.05) is 42.0 Å². The largest absolute Gasteiger partial charge is 0.492 e. The van der Waals surface area contributed by atoms with Crippen molar-refractivity contribution in [3.05, 3.63) is 59.7 Å². The molecule has 1 N–H and O–H groups in total. The normalized spacial score (nSPS) is 12.0. The molecular formula is C23H31N3O5S. The van der Waals surface area contributed by atoms with Gasteiger partial charge < -0.3 is 15.0 Å². The molecule has 2 aromatic carbocycles. The van der Waals surface area contributed by atoms with Gasteiger partial charge in [0.15, 0.2) is 0 Å². The van der Waals surface area contributed by atoms with Crippen LogP contribution in [0.15, 0.2) is 48.5 Å². The van der Waals surface area contributed by atoms with Crippen LogP contribution in [0.2, 0.25) is 0 Å². The van der Waals surface area contributed by atoms with Crippen LogP contribution in [-0.2, 0) is 26.2 Å². The number of nitrogens with zero attached hydrogens (tertiary/aromatic N) is 2. The maximum Gasteiger partial charge on any atom is 0.244 e. The molecule has 0 aliphatic rings. The Morgan fingerprint density at radius 3 is 2.41 bits per heavy atom. The maximum atomic E-state index is 13.4. The van der Waals surface area contributed by atoms with Crippen molar-refractivity contribution < 1.29 is 22.7 Å². The number of para-hydroxylation sites is 2. The fraction of sp³-hybridized carbons (Fsp3) is 0.391. The van der Waals surface area contributed by atoms with Gasteiger partial charge >= 0.3 is 0 Å². The van der Waals surface area contributed by atoms with Crippen LogP contribution in [0.3, 0.4) is 0 Å². The molecule has 0 saturated carbocycles. The first-order valence-corrected chi connectivity index (χ1v) is 12.2. The van der Waals surface area contributed by atoms with Gasteiger partial charge in [0.1, 0.15) is 18.3 Å². The zero-order chi connectivity index (χ0) is 23.9. The highest BCUT2D eigenvalue weighted by Crippen LogP contribution is 2.30. The second-order valence-corrected chi connectivity index (χ2v) is 9.38. The van der Waals surface area contributed by atoms with Crippen molar-refractivity contribution >= 4 is 27.5 Å². The van der Waals surface area contributed by atoms with Crippen molar-refractivity contribution in [2.45, 2.75) is 33.4 Å². The Labute approximate surface area is 190 Å². The van der Waals surface area contributed by atoms with Crippen LogP contribution < -0.4 is 14.4 Å². The summed E-state index contributed by atoms with van der Waals surface area (Å²) in [6.07, 6.45) is 1.04. The molecule has 174 valence electrons. The maximum absolute atomic E-state index is 13.4. The lowest BCUT2D eigenvalue weighted by atomic mass is 10.1. The van der Waals surface area contributed by atoms with Crippen molar-refractivity contribution in [2.75, 3.05) is 30.8 Å². The van der Waals surface area contributed by atoms with Gasteiger partial charge in [-0.3, -0.25) is 13.9 Å². The van der Waals surface area contributed by atoms with Crippen LogP contribution in [0.1, 0.15) is 25.0 Å². The first-order chi connectivity index (χ1) is 15.1. The minimum Gasteiger partial charge on any atom is -0.492 e.